The highest BCUT2D eigenvalue weighted by Crippen LogP contribution is 2.24. The number of rotatable bonds is 7. The maximum absolute atomic E-state index is 6.15. The van der Waals surface area contributed by atoms with E-state index in [-0.39, 0.29) is 0 Å². The van der Waals surface area contributed by atoms with Crippen molar-refractivity contribution in [3.63, 3.8) is 0 Å². The molecule has 0 bridgehead atoms. The second-order valence-electron chi connectivity index (χ2n) is 6.29. The second-order valence-corrected chi connectivity index (χ2v) is 6.73. The van der Waals surface area contributed by atoms with Crippen LogP contribution in [0.3, 0.4) is 0 Å². The highest BCUT2D eigenvalue weighted by molar-refractivity contribution is 6.30. The van der Waals surface area contributed by atoms with E-state index in [1.54, 1.807) is 0 Å². The molecule has 0 aliphatic carbocycles. The molecule has 1 fully saturated rings. The van der Waals surface area contributed by atoms with Crippen molar-refractivity contribution in [1.29, 1.82) is 0 Å². The third kappa shape index (κ3) is 4.97. The first-order valence-corrected chi connectivity index (χ1v) is 8.87. The van der Waals surface area contributed by atoms with Crippen LogP contribution in [0, 0.1) is 6.92 Å². The molecule has 1 N–H and O–H groups in total. The van der Waals surface area contributed by atoms with Crippen LogP contribution in [-0.2, 0) is 17.9 Å². The lowest BCUT2D eigenvalue weighted by molar-refractivity contribution is 0.110. The summed E-state index contributed by atoms with van der Waals surface area (Å²) in [5.41, 5.74) is 3.49. The van der Waals surface area contributed by atoms with E-state index in [1.807, 2.05) is 18.2 Å². The van der Waals surface area contributed by atoms with Gasteiger partial charge in [-0.1, -0.05) is 41.4 Å². The number of benzene rings is 2. The summed E-state index contributed by atoms with van der Waals surface area (Å²) in [4.78, 5) is 0. The van der Waals surface area contributed by atoms with Crippen LogP contribution in [0.25, 0.3) is 0 Å². The van der Waals surface area contributed by atoms with E-state index in [9.17, 15) is 0 Å². The average molecular weight is 346 g/mol. The molecule has 4 heteroatoms. The van der Waals surface area contributed by atoms with Gasteiger partial charge in [0.2, 0.25) is 0 Å². The van der Waals surface area contributed by atoms with Crippen LogP contribution in [0.4, 0.5) is 0 Å². The summed E-state index contributed by atoms with van der Waals surface area (Å²) in [5.74, 6) is 0.875. The van der Waals surface area contributed by atoms with Crippen molar-refractivity contribution in [2.75, 3.05) is 13.2 Å². The van der Waals surface area contributed by atoms with E-state index in [0.717, 1.165) is 54.4 Å². The van der Waals surface area contributed by atoms with Gasteiger partial charge in [-0.2, -0.15) is 0 Å². The Morgan fingerprint density at radius 1 is 1.21 bits per heavy atom. The van der Waals surface area contributed by atoms with Crippen LogP contribution in [0.5, 0.6) is 5.75 Å². The second kappa shape index (κ2) is 8.52. The Morgan fingerprint density at radius 3 is 2.79 bits per heavy atom. The third-order valence-corrected chi connectivity index (χ3v) is 4.48. The van der Waals surface area contributed by atoms with E-state index in [4.69, 9.17) is 21.1 Å². The fourth-order valence-electron chi connectivity index (χ4n) is 2.85. The van der Waals surface area contributed by atoms with Crippen molar-refractivity contribution in [3.05, 3.63) is 64.2 Å². The summed E-state index contributed by atoms with van der Waals surface area (Å²) in [6.07, 6.45) is 2.63. The van der Waals surface area contributed by atoms with Crippen LogP contribution in [-0.4, -0.2) is 19.3 Å². The lowest BCUT2D eigenvalue weighted by Crippen LogP contribution is -2.26. The van der Waals surface area contributed by atoms with Crippen molar-refractivity contribution in [1.82, 2.24) is 5.32 Å². The minimum absolute atomic E-state index is 0.334. The molecular weight excluding hydrogens is 322 g/mol. The molecule has 1 aliphatic heterocycles. The molecule has 0 saturated carbocycles. The van der Waals surface area contributed by atoms with Gasteiger partial charge in [-0.05, 0) is 43.5 Å². The van der Waals surface area contributed by atoms with Crippen LogP contribution < -0.4 is 10.1 Å². The predicted molar refractivity (Wildman–Crippen MR) is 97.6 cm³/mol. The van der Waals surface area contributed by atoms with Gasteiger partial charge in [0.1, 0.15) is 12.4 Å². The fourth-order valence-corrected chi connectivity index (χ4v) is 3.04. The van der Waals surface area contributed by atoms with Gasteiger partial charge in [0, 0.05) is 30.3 Å². The molecule has 0 amide bonds. The average Bonchev–Trinajstić information content (AvgIpc) is 3.09. The first kappa shape index (κ1) is 17.3. The maximum atomic E-state index is 6.15. The molecule has 24 heavy (non-hydrogen) atoms. The molecule has 1 aliphatic rings. The molecule has 2 aromatic carbocycles. The van der Waals surface area contributed by atoms with Gasteiger partial charge in [0.25, 0.3) is 0 Å². The van der Waals surface area contributed by atoms with Gasteiger partial charge in [-0.15, -0.1) is 0 Å². The molecule has 0 radical (unpaired) electrons. The lowest BCUT2D eigenvalue weighted by Gasteiger charge is -2.15. The van der Waals surface area contributed by atoms with Gasteiger partial charge >= 0.3 is 0 Å². The van der Waals surface area contributed by atoms with Crippen LogP contribution in [0.1, 0.15) is 29.5 Å². The minimum Gasteiger partial charge on any atom is -0.489 e. The van der Waals surface area contributed by atoms with Crippen molar-refractivity contribution >= 4 is 11.6 Å². The molecule has 3 rings (SSSR count). The van der Waals surface area contributed by atoms with E-state index in [0.29, 0.717) is 12.7 Å². The molecule has 1 atom stereocenters. The van der Waals surface area contributed by atoms with Crippen molar-refractivity contribution in [3.8, 4) is 5.75 Å². The summed E-state index contributed by atoms with van der Waals surface area (Å²) in [6, 6.07) is 14.2. The van der Waals surface area contributed by atoms with E-state index < -0.39 is 0 Å². The maximum Gasteiger partial charge on any atom is 0.124 e. The number of hydrogen-bond acceptors (Lipinski definition) is 3. The molecule has 0 aromatic heterocycles. The number of halogens is 1. The normalized spacial score (nSPS) is 17.2. The predicted octanol–water partition coefficient (Wildman–Crippen LogP) is 4.50. The van der Waals surface area contributed by atoms with Crippen LogP contribution >= 0.6 is 11.6 Å². The van der Waals surface area contributed by atoms with Crippen molar-refractivity contribution < 1.29 is 9.47 Å². The molecule has 1 unspecified atom stereocenters. The highest BCUT2D eigenvalue weighted by atomic mass is 35.5. The van der Waals surface area contributed by atoms with Crippen molar-refractivity contribution in [2.45, 2.75) is 39.0 Å². The topological polar surface area (TPSA) is 30.5 Å². The molecule has 3 nitrogen and oxygen atoms in total. The Balaban J connectivity index is 1.58. The Morgan fingerprint density at radius 2 is 2.04 bits per heavy atom. The summed E-state index contributed by atoms with van der Waals surface area (Å²) < 4.78 is 11.7. The Labute approximate surface area is 148 Å². The smallest absolute Gasteiger partial charge is 0.124 e. The molecule has 1 heterocycles. The van der Waals surface area contributed by atoms with Gasteiger partial charge in [0.15, 0.2) is 0 Å². The van der Waals surface area contributed by atoms with E-state index in [2.05, 4.69) is 36.5 Å². The zero-order valence-electron chi connectivity index (χ0n) is 14.1. The number of aryl methyl sites for hydroxylation is 1. The first-order valence-electron chi connectivity index (χ1n) is 8.50. The molecule has 1 saturated heterocycles. The van der Waals surface area contributed by atoms with Gasteiger partial charge in [0.05, 0.1) is 6.10 Å². The Bertz CT molecular complexity index is 651. The lowest BCUT2D eigenvalue weighted by atomic mass is 10.1. The largest absolute Gasteiger partial charge is 0.489 e. The SMILES string of the molecule is Cc1ccc(COc2ccc(Cl)cc2CNCC2CCCO2)cc1. The molecule has 2 aromatic rings. The Kier molecular flexibility index (Phi) is 6.13. The van der Waals surface area contributed by atoms with E-state index in [1.165, 1.54) is 5.56 Å². The van der Waals surface area contributed by atoms with Gasteiger partial charge in [-0.3, -0.25) is 0 Å². The molecule has 128 valence electrons. The summed E-state index contributed by atoms with van der Waals surface area (Å²) in [6.45, 7) is 5.12. The quantitative estimate of drug-likeness (QED) is 0.801. The third-order valence-electron chi connectivity index (χ3n) is 4.25. The first-order chi connectivity index (χ1) is 11.7. The van der Waals surface area contributed by atoms with E-state index >= 15 is 0 Å². The summed E-state index contributed by atoms with van der Waals surface area (Å²) in [7, 11) is 0. The van der Waals surface area contributed by atoms with Crippen molar-refractivity contribution in [2.24, 2.45) is 0 Å². The zero-order chi connectivity index (χ0) is 16.8. The summed E-state index contributed by atoms with van der Waals surface area (Å²) >= 11 is 6.15. The van der Waals surface area contributed by atoms with Gasteiger partial charge < -0.3 is 14.8 Å². The fraction of sp³-hybridized carbons (Fsp3) is 0.400. The Hall–Kier alpha value is -1.55. The van der Waals surface area contributed by atoms with Crippen LogP contribution in [0.2, 0.25) is 5.02 Å². The van der Waals surface area contributed by atoms with Gasteiger partial charge in [-0.25, -0.2) is 0 Å². The minimum atomic E-state index is 0.334. The summed E-state index contributed by atoms with van der Waals surface area (Å²) in [5, 5.41) is 4.18. The van der Waals surface area contributed by atoms with Crippen LogP contribution in [0.15, 0.2) is 42.5 Å². The monoisotopic (exact) mass is 345 g/mol. The number of nitrogens with one attached hydrogen (secondary N) is 1. The highest BCUT2D eigenvalue weighted by Gasteiger charge is 2.15. The number of hydrogen-bond donors (Lipinski definition) is 1. The zero-order valence-corrected chi connectivity index (χ0v) is 14.8. The standard InChI is InChI=1S/C20H24ClNO2/c1-15-4-6-16(7-5-15)14-24-20-9-8-18(21)11-17(20)12-22-13-19-3-2-10-23-19/h4-9,11,19,22H,2-3,10,12-14H2,1H3. The number of ether oxygens (including phenoxy) is 2. The molecular formula is C20H24ClNO2. The molecule has 0 spiro atoms.